The van der Waals surface area contributed by atoms with Crippen LogP contribution in [0.2, 0.25) is 0 Å². The minimum atomic E-state index is -0.224. The molecule has 1 atom stereocenters. The van der Waals surface area contributed by atoms with Crippen molar-refractivity contribution in [2.45, 2.75) is 12.8 Å². The highest BCUT2D eigenvalue weighted by Gasteiger charge is 2.20. The fourth-order valence-corrected chi connectivity index (χ4v) is 3.21. The molecule has 0 amide bonds. The van der Waals surface area contributed by atoms with Gasteiger partial charge in [-0.1, -0.05) is 48.5 Å². The average molecular weight is 309 g/mol. The number of ether oxygens (including phenoxy) is 1. The number of piperidine rings is 1. The van der Waals surface area contributed by atoms with Crippen molar-refractivity contribution in [2.75, 3.05) is 26.7 Å². The lowest BCUT2D eigenvalue weighted by Crippen LogP contribution is -2.34. The summed E-state index contributed by atoms with van der Waals surface area (Å²) in [6.07, 6.45) is 2.32. The minimum Gasteiger partial charge on any atom is -0.462 e. The van der Waals surface area contributed by atoms with Crippen LogP contribution in [0, 0.1) is 5.92 Å². The summed E-state index contributed by atoms with van der Waals surface area (Å²) in [5.74, 6) is 0.222. The van der Waals surface area contributed by atoms with Crippen molar-refractivity contribution in [1.29, 1.82) is 0 Å². The van der Waals surface area contributed by atoms with E-state index in [1.807, 2.05) is 54.6 Å². The first-order valence-electron chi connectivity index (χ1n) is 8.24. The summed E-state index contributed by atoms with van der Waals surface area (Å²) in [7, 11) is 2.12. The number of nitrogens with zero attached hydrogens (tertiary/aromatic N) is 1. The third-order valence-electron chi connectivity index (χ3n) is 4.40. The van der Waals surface area contributed by atoms with Gasteiger partial charge in [0.25, 0.3) is 0 Å². The highest BCUT2D eigenvalue weighted by atomic mass is 16.5. The van der Waals surface area contributed by atoms with E-state index < -0.39 is 0 Å². The van der Waals surface area contributed by atoms with Gasteiger partial charge in [0.05, 0.1) is 12.2 Å². The Morgan fingerprint density at radius 2 is 1.87 bits per heavy atom. The Morgan fingerprint density at radius 1 is 1.13 bits per heavy atom. The second kappa shape index (κ2) is 7.42. The zero-order valence-electron chi connectivity index (χ0n) is 13.6. The molecule has 0 aliphatic carbocycles. The summed E-state index contributed by atoms with van der Waals surface area (Å²) in [6, 6.07) is 17.6. The predicted molar refractivity (Wildman–Crippen MR) is 92.4 cm³/mol. The summed E-state index contributed by atoms with van der Waals surface area (Å²) >= 11 is 0. The standard InChI is InChI=1S/C20H23NO2/c1-21-13-7-8-16(14-21)15-23-20(22)19-12-6-5-11-18(19)17-9-3-2-4-10-17/h2-6,9-12,16H,7-8,13-15H2,1H3. The molecule has 1 unspecified atom stereocenters. The molecule has 23 heavy (non-hydrogen) atoms. The van der Waals surface area contributed by atoms with E-state index in [1.54, 1.807) is 0 Å². The van der Waals surface area contributed by atoms with E-state index in [1.165, 1.54) is 6.42 Å². The first-order chi connectivity index (χ1) is 11.2. The molecule has 1 aliphatic heterocycles. The van der Waals surface area contributed by atoms with E-state index in [2.05, 4.69) is 11.9 Å². The number of carbonyl (C=O) groups excluding carboxylic acids is 1. The Kier molecular flexibility index (Phi) is 5.09. The monoisotopic (exact) mass is 309 g/mol. The average Bonchev–Trinajstić information content (AvgIpc) is 2.60. The Hall–Kier alpha value is -2.13. The summed E-state index contributed by atoms with van der Waals surface area (Å²) in [5, 5.41) is 0. The van der Waals surface area contributed by atoms with E-state index in [0.29, 0.717) is 18.1 Å². The van der Waals surface area contributed by atoms with Crippen LogP contribution < -0.4 is 0 Å². The maximum Gasteiger partial charge on any atom is 0.338 e. The molecular formula is C20H23NO2. The van der Waals surface area contributed by atoms with Crippen LogP contribution in [0.15, 0.2) is 54.6 Å². The molecule has 3 nitrogen and oxygen atoms in total. The van der Waals surface area contributed by atoms with Gasteiger partial charge in [0.2, 0.25) is 0 Å². The van der Waals surface area contributed by atoms with Crippen molar-refractivity contribution >= 4 is 5.97 Å². The molecule has 3 rings (SSSR count). The number of likely N-dealkylation sites (tertiary alicyclic amines) is 1. The molecule has 120 valence electrons. The van der Waals surface area contributed by atoms with Crippen LogP contribution in [-0.2, 0) is 4.74 Å². The number of carbonyl (C=O) groups is 1. The first kappa shape index (κ1) is 15.8. The zero-order chi connectivity index (χ0) is 16.1. The van der Waals surface area contributed by atoms with Gasteiger partial charge >= 0.3 is 5.97 Å². The second-order valence-electron chi connectivity index (χ2n) is 6.28. The van der Waals surface area contributed by atoms with Gasteiger partial charge in [-0.3, -0.25) is 0 Å². The number of benzene rings is 2. The SMILES string of the molecule is CN1CCCC(COC(=O)c2ccccc2-c2ccccc2)C1. The van der Waals surface area contributed by atoms with Crippen molar-refractivity contribution in [3.8, 4) is 11.1 Å². The van der Waals surface area contributed by atoms with Crippen molar-refractivity contribution in [1.82, 2.24) is 4.90 Å². The third-order valence-corrected chi connectivity index (χ3v) is 4.40. The van der Waals surface area contributed by atoms with Crippen LogP contribution in [0.3, 0.4) is 0 Å². The van der Waals surface area contributed by atoms with Crippen molar-refractivity contribution < 1.29 is 9.53 Å². The van der Waals surface area contributed by atoms with Gasteiger partial charge in [0.15, 0.2) is 0 Å². The van der Waals surface area contributed by atoms with Crippen LogP contribution >= 0.6 is 0 Å². The lowest BCUT2D eigenvalue weighted by atomic mass is 9.99. The lowest BCUT2D eigenvalue weighted by molar-refractivity contribution is 0.0372. The summed E-state index contributed by atoms with van der Waals surface area (Å²) in [4.78, 5) is 14.8. The van der Waals surface area contributed by atoms with Crippen LogP contribution in [0.1, 0.15) is 23.2 Å². The number of rotatable bonds is 4. The highest BCUT2D eigenvalue weighted by molar-refractivity contribution is 5.97. The normalized spacial score (nSPS) is 18.6. The molecule has 1 fully saturated rings. The minimum absolute atomic E-state index is 0.224. The van der Waals surface area contributed by atoms with Crippen LogP contribution in [0.4, 0.5) is 0 Å². The molecule has 1 saturated heterocycles. The number of esters is 1. The van der Waals surface area contributed by atoms with E-state index in [4.69, 9.17) is 4.74 Å². The Morgan fingerprint density at radius 3 is 2.65 bits per heavy atom. The molecule has 0 saturated carbocycles. The molecule has 1 heterocycles. The van der Waals surface area contributed by atoms with Crippen LogP contribution in [-0.4, -0.2) is 37.6 Å². The molecule has 1 aliphatic rings. The Bertz CT molecular complexity index is 654. The smallest absolute Gasteiger partial charge is 0.338 e. The quantitative estimate of drug-likeness (QED) is 0.803. The molecule has 2 aromatic carbocycles. The molecule has 0 bridgehead atoms. The molecule has 0 aromatic heterocycles. The fourth-order valence-electron chi connectivity index (χ4n) is 3.21. The van der Waals surface area contributed by atoms with Gasteiger partial charge in [-0.15, -0.1) is 0 Å². The van der Waals surface area contributed by atoms with Crippen molar-refractivity contribution in [2.24, 2.45) is 5.92 Å². The van der Waals surface area contributed by atoms with E-state index in [0.717, 1.165) is 30.6 Å². The van der Waals surface area contributed by atoms with Gasteiger partial charge in [0.1, 0.15) is 0 Å². The molecule has 2 aromatic rings. The van der Waals surface area contributed by atoms with Gasteiger partial charge < -0.3 is 9.64 Å². The van der Waals surface area contributed by atoms with Crippen molar-refractivity contribution in [3.05, 3.63) is 60.2 Å². The summed E-state index contributed by atoms with van der Waals surface area (Å²) < 4.78 is 5.61. The van der Waals surface area contributed by atoms with Gasteiger partial charge in [-0.25, -0.2) is 4.79 Å². The summed E-state index contributed by atoms with van der Waals surface area (Å²) in [6.45, 7) is 2.65. The maximum absolute atomic E-state index is 12.5. The highest BCUT2D eigenvalue weighted by Crippen LogP contribution is 2.24. The fraction of sp³-hybridized carbons (Fsp3) is 0.350. The second-order valence-corrected chi connectivity index (χ2v) is 6.28. The number of hydrogen-bond acceptors (Lipinski definition) is 3. The predicted octanol–water partition coefficient (Wildman–Crippen LogP) is 3.85. The lowest BCUT2D eigenvalue weighted by Gasteiger charge is -2.29. The van der Waals surface area contributed by atoms with Gasteiger partial charge in [-0.2, -0.15) is 0 Å². The molecule has 0 spiro atoms. The topological polar surface area (TPSA) is 29.5 Å². The van der Waals surface area contributed by atoms with Gasteiger partial charge in [0, 0.05) is 12.5 Å². The zero-order valence-corrected chi connectivity index (χ0v) is 13.6. The molecule has 0 radical (unpaired) electrons. The third kappa shape index (κ3) is 3.99. The first-order valence-corrected chi connectivity index (χ1v) is 8.24. The van der Waals surface area contributed by atoms with E-state index in [-0.39, 0.29) is 5.97 Å². The molecular weight excluding hydrogens is 286 g/mol. The van der Waals surface area contributed by atoms with Crippen LogP contribution in [0.5, 0.6) is 0 Å². The Balaban J connectivity index is 1.70. The summed E-state index contributed by atoms with van der Waals surface area (Å²) in [5.41, 5.74) is 2.61. The molecule has 0 N–H and O–H groups in total. The maximum atomic E-state index is 12.5. The van der Waals surface area contributed by atoms with Gasteiger partial charge in [-0.05, 0) is 43.6 Å². The largest absolute Gasteiger partial charge is 0.462 e. The Labute approximate surface area is 137 Å². The molecule has 3 heteroatoms. The van der Waals surface area contributed by atoms with Crippen LogP contribution in [0.25, 0.3) is 11.1 Å². The van der Waals surface area contributed by atoms with E-state index in [9.17, 15) is 4.79 Å². The van der Waals surface area contributed by atoms with E-state index >= 15 is 0 Å². The number of hydrogen-bond donors (Lipinski definition) is 0. The van der Waals surface area contributed by atoms with Crippen molar-refractivity contribution in [3.63, 3.8) is 0 Å².